The summed E-state index contributed by atoms with van der Waals surface area (Å²) in [5.74, 6) is 0.782. The van der Waals surface area contributed by atoms with Crippen LogP contribution >= 0.6 is 0 Å². The topological polar surface area (TPSA) is 101 Å². The predicted molar refractivity (Wildman–Crippen MR) is 48.2 cm³/mol. The van der Waals surface area contributed by atoms with Crippen molar-refractivity contribution in [3.63, 3.8) is 0 Å². The first-order valence-electron chi connectivity index (χ1n) is 4.75. The van der Waals surface area contributed by atoms with Gasteiger partial charge in [-0.15, -0.1) is 0 Å². The molecular weight excluding hydrogens is 270 g/mol. The number of nitrogens with two attached hydrogens (primary N) is 1. The van der Waals surface area contributed by atoms with E-state index < -0.39 is 16.7 Å². The molecule has 4 N–H and O–H groups in total. The monoisotopic (exact) mass is 293 g/mol. The van der Waals surface area contributed by atoms with Crippen LogP contribution in [0.1, 0.15) is 39.5 Å². The Balaban J connectivity index is 0. The fourth-order valence-electron chi connectivity index (χ4n) is 0.981. The molecule has 0 spiro atoms. The van der Waals surface area contributed by atoms with Crippen molar-refractivity contribution in [1.82, 2.24) is 0 Å². The van der Waals surface area contributed by atoms with Crippen LogP contribution in [0, 0.1) is 5.92 Å². The van der Waals surface area contributed by atoms with Crippen molar-refractivity contribution in [1.29, 1.82) is 0 Å². The van der Waals surface area contributed by atoms with Gasteiger partial charge in [-0.1, -0.05) is 33.1 Å². The van der Waals surface area contributed by atoms with Gasteiger partial charge in [-0.3, -0.25) is 0 Å². The number of hydrogen-bond acceptors (Lipinski definition) is 3. The van der Waals surface area contributed by atoms with Crippen LogP contribution in [0.4, 0.5) is 0 Å². The van der Waals surface area contributed by atoms with Gasteiger partial charge in [0.1, 0.15) is 0 Å². The van der Waals surface area contributed by atoms with Crippen LogP contribution in [0.5, 0.6) is 0 Å². The average Bonchev–Trinajstić information content (AvgIpc) is 2.04. The molecule has 0 radical (unpaired) electrons. The molecule has 0 aromatic heterocycles. The molecule has 0 heterocycles. The molecule has 88 valence electrons. The molecule has 14 heavy (non-hydrogen) atoms. The Morgan fingerprint density at radius 3 is 1.93 bits per heavy atom. The number of hydrogen-bond donors (Lipinski definition) is 3. The van der Waals surface area contributed by atoms with E-state index in [1.165, 1.54) is 25.7 Å². The minimum atomic E-state index is -5.52. The summed E-state index contributed by atoms with van der Waals surface area (Å²) in [5, 5.41) is 0. The van der Waals surface area contributed by atoms with Gasteiger partial charge in [0.25, 0.3) is 0 Å². The molecule has 0 aromatic rings. The third-order valence-electron chi connectivity index (χ3n) is 1.88. The van der Waals surface area contributed by atoms with Crippen LogP contribution in [-0.2, 0) is 23.5 Å². The van der Waals surface area contributed by atoms with E-state index in [0.717, 1.165) is 12.5 Å². The average molecular weight is 291 g/mol. The van der Waals surface area contributed by atoms with Crippen LogP contribution in [0.15, 0.2) is 0 Å². The molecule has 0 aliphatic heterocycles. The summed E-state index contributed by atoms with van der Waals surface area (Å²) < 4.78 is 32.0. The Bertz CT molecular complexity index is 191. The molecule has 0 bridgehead atoms. The van der Waals surface area contributed by atoms with E-state index in [1.54, 1.807) is 0 Å². The molecule has 0 rings (SSSR count). The summed E-state index contributed by atoms with van der Waals surface area (Å²) in [6.45, 7) is 5.31. The standard InChI is InChI=1S/C8H19N.Mo.2H2O.2O/c1-3-5-6-8(4-2)7-9;;;;;/h8H,3-7,9H2,1-2H3;;2*1H2;;/q;+2;;;;/p-2. The normalized spacial score (nSPS) is 12.9. The first-order valence-corrected chi connectivity index (χ1v) is 8.18. The van der Waals surface area contributed by atoms with Crippen molar-refractivity contribution in [3.05, 3.63) is 0 Å². The zero-order valence-electron chi connectivity index (χ0n) is 8.81. The van der Waals surface area contributed by atoms with Crippen molar-refractivity contribution in [2.75, 3.05) is 6.54 Å². The molecule has 0 saturated heterocycles. The molecule has 1 unspecified atom stereocenters. The van der Waals surface area contributed by atoms with Crippen LogP contribution in [0.3, 0.4) is 0 Å². The minimum absolute atomic E-state index is 0.782. The molecule has 0 amide bonds. The third-order valence-corrected chi connectivity index (χ3v) is 1.88. The van der Waals surface area contributed by atoms with Crippen LogP contribution in [0.2, 0.25) is 0 Å². The fraction of sp³-hybridized carbons (Fsp3) is 1.00. The van der Waals surface area contributed by atoms with E-state index in [9.17, 15) is 0 Å². The van der Waals surface area contributed by atoms with Crippen molar-refractivity contribution >= 4 is 0 Å². The Hall–Kier alpha value is 0.168. The molecule has 1 atom stereocenters. The van der Waals surface area contributed by atoms with E-state index in [-0.39, 0.29) is 0 Å². The van der Waals surface area contributed by atoms with Crippen LogP contribution in [-0.4, -0.2) is 14.1 Å². The molecule has 6 heteroatoms. The maximum absolute atomic E-state index is 8.85. The molecule has 0 aliphatic carbocycles. The number of rotatable bonds is 5. The fourth-order valence-corrected chi connectivity index (χ4v) is 0.981. The zero-order valence-corrected chi connectivity index (χ0v) is 10.8. The Labute approximate surface area is 89.0 Å². The van der Waals surface area contributed by atoms with Crippen molar-refractivity contribution in [3.8, 4) is 0 Å². The maximum atomic E-state index is 8.85. The third kappa shape index (κ3) is 22.7. The molecule has 0 aliphatic rings. The van der Waals surface area contributed by atoms with Crippen molar-refractivity contribution < 1.29 is 31.1 Å². The molecule has 5 nitrogen and oxygen atoms in total. The SMILES string of the molecule is CCCCC(CC)CN.[O]=[Mo](=[O])([OH])[OH]. The second kappa shape index (κ2) is 9.71. The Morgan fingerprint density at radius 1 is 1.29 bits per heavy atom. The first-order chi connectivity index (χ1) is 6.35. The van der Waals surface area contributed by atoms with Gasteiger partial charge in [0.15, 0.2) is 0 Å². The summed E-state index contributed by atoms with van der Waals surface area (Å²) in [6.07, 6.45) is 5.21. The van der Waals surface area contributed by atoms with Gasteiger partial charge in [0.2, 0.25) is 0 Å². The van der Waals surface area contributed by atoms with E-state index in [0.29, 0.717) is 0 Å². The van der Waals surface area contributed by atoms with Gasteiger partial charge in [-0.2, -0.15) is 0 Å². The van der Waals surface area contributed by atoms with Crippen molar-refractivity contribution in [2.24, 2.45) is 11.7 Å². The van der Waals surface area contributed by atoms with Gasteiger partial charge < -0.3 is 5.73 Å². The van der Waals surface area contributed by atoms with Gasteiger partial charge in [0, 0.05) is 0 Å². The summed E-state index contributed by atoms with van der Waals surface area (Å²) in [5.41, 5.74) is 5.52. The van der Waals surface area contributed by atoms with Crippen LogP contribution in [0.25, 0.3) is 0 Å². The van der Waals surface area contributed by atoms with E-state index in [1.807, 2.05) is 0 Å². The van der Waals surface area contributed by atoms with E-state index in [4.69, 9.17) is 20.0 Å². The Morgan fingerprint density at radius 2 is 1.71 bits per heavy atom. The summed E-state index contributed by atoms with van der Waals surface area (Å²) >= 11 is -5.52. The predicted octanol–water partition coefficient (Wildman–Crippen LogP) is 0.807. The van der Waals surface area contributed by atoms with Gasteiger partial charge in [-0.25, -0.2) is 0 Å². The second-order valence-corrected chi connectivity index (χ2v) is 5.30. The van der Waals surface area contributed by atoms with Gasteiger partial charge in [-0.05, 0) is 18.9 Å². The number of unbranched alkanes of at least 4 members (excludes halogenated alkanes) is 1. The summed E-state index contributed by atoms with van der Waals surface area (Å²) in [4.78, 5) is 0. The molecular formula is C8H21MoNO4. The van der Waals surface area contributed by atoms with Gasteiger partial charge in [0.05, 0.1) is 0 Å². The molecule has 0 fully saturated rings. The second-order valence-electron chi connectivity index (χ2n) is 3.10. The summed E-state index contributed by atoms with van der Waals surface area (Å²) in [7, 11) is 0. The first kappa shape index (κ1) is 16.6. The quantitative estimate of drug-likeness (QED) is 0.651. The van der Waals surface area contributed by atoms with Crippen LogP contribution < -0.4 is 5.73 Å². The summed E-state index contributed by atoms with van der Waals surface area (Å²) in [6, 6.07) is 0. The zero-order chi connectivity index (χ0) is 11.6. The van der Waals surface area contributed by atoms with E-state index >= 15 is 0 Å². The molecule has 0 aromatic carbocycles. The van der Waals surface area contributed by atoms with Crippen molar-refractivity contribution in [2.45, 2.75) is 39.5 Å². The Kier molecular flexibility index (Phi) is 11.5. The van der Waals surface area contributed by atoms with E-state index in [2.05, 4.69) is 13.8 Å². The van der Waals surface area contributed by atoms with Gasteiger partial charge >= 0.3 is 31.1 Å². The molecule has 0 saturated carbocycles.